The number of hydrogen-bond acceptors (Lipinski definition) is 6. The van der Waals surface area contributed by atoms with E-state index in [1.807, 2.05) is 0 Å². The fraction of sp³-hybridized carbons (Fsp3) is 0.192. The molecular formula is C26H20F4N6O3. The first kappa shape index (κ1) is 24.7. The number of ether oxygens (including phenoxy) is 2. The van der Waals surface area contributed by atoms with Gasteiger partial charge in [0.05, 0.1) is 12.6 Å². The summed E-state index contributed by atoms with van der Waals surface area (Å²) >= 11 is 0. The second kappa shape index (κ2) is 9.27. The van der Waals surface area contributed by atoms with E-state index in [9.17, 15) is 22.4 Å². The molecule has 1 fully saturated rings. The molecule has 13 heteroatoms. The number of benzene rings is 2. The summed E-state index contributed by atoms with van der Waals surface area (Å²) in [4.78, 5) is 22.6. The van der Waals surface area contributed by atoms with Crippen LogP contribution in [0.25, 0.3) is 16.9 Å². The zero-order valence-electron chi connectivity index (χ0n) is 20.2. The van der Waals surface area contributed by atoms with Gasteiger partial charge in [-0.1, -0.05) is 18.2 Å². The maximum Gasteiger partial charge on any atom is 0.433 e. The van der Waals surface area contributed by atoms with Crippen molar-refractivity contribution in [1.82, 2.24) is 24.1 Å². The molecule has 2 atom stereocenters. The Morgan fingerprint density at radius 3 is 2.59 bits per heavy atom. The van der Waals surface area contributed by atoms with Crippen LogP contribution in [0.3, 0.4) is 0 Å². The lowest BCUT2D eigenvalue weighted by Crippen LogP contribution is -2.44. The van der Waals surface area contributed by atoms with Gasteiger partial charge in [0, 0.05) is 36.8 Å². The molecule has 1 aliphatic rings. The molecular weight excluding hydrogens is 520 g/mol. The zero-order valence-corrected chi connectivity index (χ0v) is 20.2. The zero-order chi connectivity index (χ0) is 27.3. The Bertz CT molecular complexity index is 1730. The van der Waals surface area contributed by atoms with Crippen molar-refractivity contribution in [2.45, 2.75) is 18.3 Å². The Morgan fingerprint density at radius 1 is 1.10 bits per heavy atom. The number of fused-ring (bicyclic) bond motifs is 1. The van der Waals surface area contributed by atoms with E-state index >= 15 is 0 Å². The van der Waals surface area contributed by atoms with Crippen LogP contribution in [0.5, 0.6) is 11.5 Å². The molecule has 0 amide bonds. The molecule has 0 aliphatic carbocycles. The summed E-state index contributed by atoms with van der Waals surface area (Å²) in [6.45, 7) is 0.108. The maximum absolute atomic E-state index is 15.0. The van der Waals surface area contributed by atoms with Gasteiger partial charge in [0.25, 0.3) is 0 Å². The van der Waals surface area contributed by atoms with E-state index in [4.69, 9.17) is 9.47 Å². The normalized spacial score (nSPS) is 17.3. The van der Waals surface area contributed by atoms with E-state index < -0.39 is 35.5 Å². The molecule has 200 valence electrons. The highest BCUT2D eigenvalue weighted by Crippen LogP contribution is 2.41. The van der Waals surface area contributed by atoms with Crippen molar-refractivity contribution in [1.29, 1.82) is 0 Å². The second-order valence-electron chi connectivity index (χ2n) is 8.93. The third-order valence-corrected chi connectivity index (χ3v) is 6.45. The first-order valence-electron chi connectivity index (χ1n) is 11.8. The van der Waals surface area contributed by atoms with Gasteiger partial charge in [0.2, 0.25) is 0 Å². The number of pyridine rings is 1. The van der Waals surface area contributed by atoms with Gasteiger partial charge < -0.3 is 14.8 Å². The summed E-state index contributed by atoms with van der Waals surface area (Å²) in [7, 11) is 1.53. The van der Waals surface area contributed by atoms with Crippen molar-refractivity contribution in [2.24, 2.45) is 7.05 Å². The number of nitrogens with one attached hydrogen (secondary N) is 2. The smallest absolute Gasteiger partial charge is 0.433 e. The average molecular weight is 540 g/mol. The first-order valence-corrected chi connectivity index (χ1v) is 11.8. The van der Waals surface area contributed by atoms with Crippen LogP contribution in [0.2, 0.25) is 0 Å². The molecule has 9 nitrogen and oxygen atoms in total. The minimum Gasteiger partial charge on any atom is -0.452 e. The molecule has 0 radical (unpaired) electrons. The number of hydrogen-bond donors (Lipinski definition) is 2. The average Bonchev–Trinajstić information content (AvgIpc) is 3.45. The number of aromatic amines is 1. The molecule has 1 aliphatic heterocycles. The van der Waals surface area contributed by atoms with Gasteiger partial charge in [-0.2, -0.15) is 13.2 Å². The number of nitrogens with zero attached hydrogens (tertiary/aromatic N) is 4. The summed E-state index contributed by atoms with van der Waals surface area (Å²) < 4.78 is 70.7. The topological polar surface area (TPSA) is 99.0 Å². The molecule has 0 spiro atoms. The van der Waals surface area contributed by atoms with Crippen molar-refractivity contribution in [3.05, 3.63) is 94.8 Å². The number of rotatable bonds is 6. The SMILES string of the molecule is Cn1c(=O)[nH]c2nccc(Oc3ccc(NC4COC4c4ncn(-c5ccccc5)c4C(F)(F)F)cc3F)c21. The van der Waals surface area contributed by atoms with E-state index in [1.54, 1.807) is 30.3 Å². The van der Waals surface area contributed by atoms with Gasteiger partial charge in [0.1, 0.15) is 23.6 Å². The molecule has 2 aromatic carbocycles. The van der Waals surface area contributed by atoms with Crippen LogP contribution in [-0.4, -0.2) is 36.7 Å². The quantitative estimate of drug-likeness (QED) is 0.296. The maximum atomic E-state index is 15.0. The molecule has 0 saturated carbocycles. The largest absolute Gasteiger partial charge is 0.452 e. The summed E-state index contributed by atoms with van der Waals surface area (Å²) in [5, 5.41) is 3.03. The fourth-order valence-corrected chi connectivity index (χ4v) is 4.54. The molecule has 39 heavy (non-hydrogen) atoms. The number of alkyl halides is 3. The van der Waals surface area contributed by atoms with Crippen LogP contribution < -0.4 is 15.7 Å². The van der Waals surface area contributed by atoms with Crippen LogP contribution >= 0.6 is 0 Å². The highest BCUT2D eigenvalue weighted by Gasteiger charge is 2.45. The Labute approximate surface area is 217 Å². The Hall–Kier alpha value is -4.65. The molecule has 5 aromatic rings. The van der Waals surface area contributed by atoms with E-state index in [0.717, 1.165) is 10.9 Å². The molecule has 2 N–H and O–H groups in total. The third kappa shape index (κ3) is 4.40. The number of halogens is 4. The van der Waals surface area contributed by atoms with Crippen molar-refractivity contribution < 1.29 is 27.0 Å². The van der Waals surface area contributed by atoms with Crippen molar-refractivity contribution in [3.8, 4) is 17.2 Å². The van der Waals surface area contributed by atoms with Gasteiger partial charge in [-0.05, 0) is 24.3 Å². The van der Waals surface area contributed by atoms with E-state index in [1.165, 1.54) is 42.1 Å². The van der Waals surface area contributed by atoms with E-state index in [0.29, 0.717) is 22.5 Å². The predicted octanol–water partition coefficient (Wildman–Crippen LogP) is 4.95. The Balaban J connectivity index is 1.23. The number of H-pyrrole nitrogens is 1. The highest BCUT2D eigenvalue weighted by atomic mass is 19.4. The molecule has 1 saturated heterocycles. The van der Waals surface area contributed by atoms with Gasteiger partial charge >= 0.3 is 11.9 Å². The van der Waals surface area contributed by atoms with Crippen molar-refractivity contribution in [2.75, 3.05) is 11.9 Å². The van der Waals surface area contributed by atoms with Crippen molar-refractivity contribution >= 4 is 16.9 Å². The van der Waals surface area contributed by atoms with Crippen LogP contribution in [0, 0.1) is 5.82 Å². The standard InChI is InChI=1S/C26H20F4N6O3/c1-35-21-19(9-10-31-24(21)34-25(35)37)39-18-8-7-14(11-16(18)27)33-17-12-38-22(17)20-23(26(28,29)30)36(13-32-20)15-5-3-2-4-6-15/h2-11,13,17,22,33H,12H2,1H3,(H,31,34,37). The van der Waals surface area contributed by atoms with E-state index in [2.05, 4.69) is 20.3 Å². The lowest BCUT2D eigenvalue weighted by Gasteiger charge is -2.37. The summed E-state index contributed by atoms with van der Waals surface area (Å²) in [5.74, 6) is -0.600. The molecule has 6 rings (SSSR count). The number of anilines is 1. The Morgan fingerprint density at radius 2 is 1.90 bits per heavy atom. The summed E-state index contributed by atoms with van der Waals surface area (Å²) in [6.07, 6.45) is -3.14. The lowest BCUT2D eigenvalue weighted by molar-refractivity contribution is -0.147. The van der Waals surface area contributed by atoms with Crippen LogP contribution in [0.4, 0.5) is 23.2 Å². The monoisotopic (exact) mass is 540 g/mol. The predicted molar refractivity (Wildman–Crippen MR) is 132 cm³/mol. The van der Waals surface area contributed by atoms with Crippen LogP contribution in [-0.2, 0) is 18.0 Å². The van der Waals surface area contributed by atoms with Gasteiger partial charge in [-0.3, -0.25) is 14.1 Å². The molecule has 0 bridgehead atoms. The highest BCUT2D eigenvalue weighted by molar-refractivity contribution is 5.78. The minimum atomic E-state index is -4.68. The number of para-hydroxylation sites is 1. The van der Waals surface area contributed by atoms with Gasteiger partial charge in [-0.15, -0.1) is 0 Å². The van der Waals surface area contributed by atoms with E-state index in [-0.39, 0.29) is 23.8 Å². The van der Waals surface area contributed by atoms with Gasteiger partial charge in [-0.25, -0.2) is 19.2 Å². The summed E-state index contributed by atoms with van der Waals surface area (Å²) in [5.41, 5.74) is -0.276. The third-order valence-electron chi connectivity index (χ3n) is 6.45. The first-order chi connectivity index (χ1) is 18.7. The molecule has 2 unspecified atom stereocenters. The van der Waals surface area contributed by atoms with Crippen LogP contribution in [0.1, 0.15) is 17.5 Å². The summed E-state index contributed by atoms with van der Waals surface area (Å²) in [6, 6.07) is 13.1. The number of aromatic nitrogens is 5. The fourth-order valence-electron chi connectivity index (χ4n) is 4.54. The van der Waals surface area contributed by atoms with Gasteiger partial charge in [0.15, 0.2) is 28.7 Å². The molecule has 3 aromatic heterocycles. The van der Waals surface area contributed by atoms with Crippen LogP contribution in [0.15, 0.2) is 71.9 Å². The number of aryl methyl sites for hydroxylation is 1. The molecule has 4 heterocycles. The lowest BCUT2D eigenvalue weighted by atomic mass is 10.0. The number of imidazole rings is 2. The minimum absolute atomic E-state index is 0.107. The Kier molecular flexibility index (Phi) is 5.87. The van der Waals surface area contributed by atoms with Crippen molar-refractivity contribution in [3.63, 3.8) is 0 Å². The second-order valence-corrected chi connectivity index (χ2v) is 8.93.